The quantitative estimate of drug-likeness (QED) is 0.821. The maximum atomic E-state index is 12.1. The number of piperidine rings is 1. The summed E-state index contributed by atoms with van der Waals surface area (Å²) >= 11 is 0. The molecular formula is C14H24N4O2. The van der Waals surface area contributed by atoms with Gasteiger partial charge in [-0.2, -0.15) is 5.10 Å². The second-order valence-electron chi connectivity index (χ2n) is 5.22. The van der Waals surface area contributed by atoms with E-state index in [1.54, 1.807) is 19.4 Å². The van der Waals surface area contributed by atoms with E-state index < -0.39 is 0 Å². The van der Waals surface area contributed by atoms with E-state index in [0.29, 0.717) is 13.2 Å². The number of nitrogens with zero attached hydrogens (tertiary/aromatic N) is 3. The van der Waals surface area contributed by atoms with Gasteiger partial charge in [-0.3, -0.25) is 4.79 Å². The first-order chi connectivity index (χ1) is 9.74. The zero-order chi connectivity index (χ0) is 14.4. The zero-order valence-electron chi connectivity index (χ0n) is 12.3. The highest BCUT2D eigenvalue weighted by molar-refractivity contribution is 5.43. The largest absolute Gasteiger partial charge is 0.383 e. The molecule has 1 N–H and O–H groups in total. The monoisotopic (exact) mass is 280 g/mol. The van der Waals surface area contributed by atoms with Crippen LogP contribution in [0.3, 0.4) is 0 Å². The minimum absolute atomic E-state index is 0.0515. The Morgan fingerprint density at radius 1 is 1.40 bits per heavy atom. The van der Waals surface area contributed by atoms with Crippen LogP contribution in [0.5, 0.6) is 0 Å². The van der Waals surface area contributed by atoms with Gasteiger partial charge in [-0.1, -0.05) is 0 Å². The standard InChI is InChI=1S/C14H24N4O2/c1-15-12(11-20-2)10-18-14(19)8-13(9-16-18)17-6-4-3-5-7-17/h8-9,12,15H,3-7,10-11H2,1-2H3. The molecule has 1 aromatic rings. The average Bonchev–Trinajstić information content (AvgIpc) is 2.49. The lowest BCUT2D eigenvalue weighted by atomic mass is 10.1. The maximum Gasteiger partial charge on any atom is 0.268 e. The van der Waals surface area contributed by atoms with Gasteiger partial charge in [0.1, 0.15) is 0 Å². The predicted molar refractivity (Wildman–Crippen MR) is 79.3 cm³/mol. The number of nitrogens with one attached hydrogen (secondary N) is 1. The molecule has 2 heterocycles. The molecule has 6 nitrogen and oxygen atoms in total. The van der Waals surface area contributed by atoms with Gasteiger partial charge >= 0.3 is 0 Å². The van der Waals surface area contributed by atoms with E-state index in [-0.39, 0.29) is 11.6 Å². The molecular weight excluding hydrogens is 256 g/mol. The molecule has 1 aliphatic rings. The van der Waals surface area contributed by atoms with E-state index in [0.717, 1.165) is 18.8 Å². The number of anilines is 1. The van der Waals surface area contributed by atoms with Crippen LogP contribution in [-0.2, 0) is 11.3 Å². The van der Waals surface area contributed by atoms with E-state index in [1.165, 1.54) is 23.9 Å². The highest BCUT2D eigenvalue weighted by Gasteiger charge is 2.13. The minimum Gasteiger partial charge on any atom is -0.383 e. The Labute approximate surface area is 119 Å². The van der Waals surface area contributed by atoms with Crippen molar-refractivity contribution in [3.63, 3.8) is 0 Å². The van der Waals surface area contributed by atoms with Gasteiger partial charge in [-0.15, -0.1) is 0 Å². The molecule has 6 heteroatoms. The van der Waals surface area contributed by atoms with Crippen LogP contribution < -0.4 is 15.8 Å². The molecule has 1 atom stereocenters. The van der Waals surface area contributed by atoms with Gasteiger partial charge in [0.2, 0.25) is 0 Å². The molecule has 0 saturated carbocycles. The number of likely N-dealkylation sites (N-methyl/N-ethyl adjacent to an activating group) is 1. The normalized spacial score (nSPS) is 17.2. The molecule has 0 radical (unpaired) electrons. The van der Waals surface area contributed by atoms with Crippen molar-refractivity contribution >= 4 is 5.69 Å². The summed E-state index contributed by atoms with van der Waals surface area (Å²) in [5.74, 6) is 0. The molecule has 1 aliphatic heterocycles. The molecule has 1 aromatic heterocycles. The summed E-state index contributed by atoms with van der Waals surface area (Å²) in [5, 5.41) is 7.41. The van der Waals surface area contributed by atoms with E-state index >= 15 is 0 Å². The van der Waals surface area contributed by atoms with Crippen LogP contribution in [0.25, 0.3) is 0 Å². The zero-order valence-corrected chi connectivity index (χ0v) is 12.3. The van der Waals surface area contributed by atoms with Crippen LogP contribution in [0.15, 0.2) is 17.1 Å². The Hall–Kier alpha value is -1.40. The van der Waals surface area contributed by atoms with E-state index in [9.17, 15) is 4.79 Å². The number of rotatable bonds is 6. The summed E-state index contributed by atoms with van der Waals surface area (Å²) in [7, 11) is 3.51. The topological polar surface area (TPSA) is 59.4 Å². The van der Waals surface area contributed by atoms with E-state index in [4.69, 9.17) is 4.74 Å². The van der Waals surface area contributed by atoms with Crippen molar-refractivity contribution in [1.82, 2.24) is 15.1 Å². The second kappa shape index (κ2) is 7.40. The molecule has 2 rings (SSSR count). The van der Waals surface area contributed by atoms with Crippen LogP contribution in [0.1, 0.15) is 19.3 Å². The molecule has 20 heavy (non-hydrogen) atoms. The van der Waals surface area contributed by atoms with Crippen molar-refractivity contribution in [2.24, 2.45) is 0 Å². The summed E-state index contributed by atoms with van der Waals surface area (Å²) in [6, 6.07) is 1.78. The number of aromatic nitrogens is 2. The summed E-state index contributed by atoms with van der Waals surface area (Å²) in [6.45, 7) is 3.11. The lowest BCUT2D eigenvalue weighted by Crippen LogP contribution is -2.39. The molecule has 1 fully saturated rings. The fraction of sp³-hybridized carbons (Fsp3) is 0.714. The molecule has 112 valence electrons. The highest BCUT2D eigenvalue weighted by Crippen LogP contribution is 2.16. The van der Waals surface area contributed by atoms with Crippen LogP contribution in [-0.4, -0.2) is 49.7 Å². The van der Waals surface area contributed by atoms with Crippen molar-refractivity contribution in [3.8, 4) is 0 Å². The number of ether oxygens (including phenoxy) is 1. The summed E-state index contributed by atoms with van der Waals surface area (Å²) in [6.07, 6.45) is 5.46. The predicted octanol–water partition coefficient (Wildman–Crippen LogP) is 0.468. The first-order valence-electron chi connectivity index (χ1n) is 7.23. The van der Waals surface area contributed by atoms with Crippen LogP contribution in [0.2, 0.25) is 0 Å². The fourth-order valence-corrected chi connectivity index (χ4v) is 2.52. The average molecular weight is 280 g/mol. The van der Waals surface area contributed by atoms with Crippen molar-refractivity contribution in [1.29, 1.82) is 0 Å². The Kier molecular flexibility index (Phi) is 5.55. The number of methoxy groups -OCH3 is 1. The highest BCUT2D eigenvalue weighted by atomic mass is 16.5. The third-order valence-corrected chi connectivity index (χ3v) is 3.75. The van der Waals surface area contributed by atoms with Crippen molar-refractivity contribution in [3.05, 3.63) is 22.6 Å². The van der Waals surface area contributed by atoms with Gasteiger partial charge in [0.05, 0.1) is 25.0 Å². The van der Waals surface area contributed by atoms with Gasteiger partial charge in [-0.25, -0.2) is 4.68 Å². The van der Waals surface area contributed by atoms with Gasteiger partial charge < -0.3 is 15.0 Å². The molecule has 1 unspecified atom stereocenters. The first kappa shape index (κ1) is 15.0. The van der Waals surface area contributed by atoms with Gasteiger partial charge in [0.15, 0.2) is 0 Å². The molecule has 0 aromatic carbocycles. The van der Waals surface area contributed by atoms with E-state index in [1.807, 2.05) is 7.05 Å². The molecule has 0 bridgehead atoms. The van der Waals surface area contributed by atoms with Crippen molar-refractivity contribution in [2.75, 3.05) is 38.8 Å². The van der Waals surface area contributed by atoms with Crippen LogP contribution in [0, 0.1) is 0 Å². The third-order valence-electron chi connectivity index (χ3n) is 3.75. The maximum absolute atomic E-state index is 12.1. The van der Waals surface area contributed by atoms with Crippen molar-refractivity contribution < 1.29 is 4.74 Å². The Bertz CT molecular complexity index is 468. The SMILES string of the molecule is CNC(COC)Cn1ncc(N2CCCCC2)cc1=O. The lowest BCUT2D eigenvalue weighted by Gasteiger charge is -2.28. The van der Waals surface area contributed by atoms with Gasteiger partial charge in [0, 0.05) is 32.3 Å². The summed E-state index contributed by atoms with van der Waals surface area (Å²) < 4.78 is 6.61. The number of hydrogen-bond acceptors (Lipinski definition) is 5. The Morgan fingerprint density at radius 2 is 2.15 bits per heavy atom. The van der Waals surface area contributed by atoms with E-state index in [2.05, 4.69) is 15.3 Å². The number of hydrogen-bond donors (Lipinski definition) is 1. The molecule has 0 amide bonds. The molecule has 0 aliphatic carbocycles. The van der Waals surface area contributed by atoms with Crippen LogP contribution in [0.4, 0.5) is 5.69 Å². The Balaban J connectivity index is 2.07. The first-order valence-corrected chi connectivity index (χ1v) is 7.23. The minimum atomic E-state index is -0.0515. The second-order valence-corrected chi connectivity index (χ2v) is 5.22. The van der Waals surface area contributed by atoms with Gasteiger partial charge in [0.25, 0.3) is 5.56 Å². The van der Waals surface area contributed by atoms with Gasteiger partial charge in [-0.05, 0) is 26.3 Å². The molecule has 0 spiro atoms. The summed E-state index contributed by atoms with van der Waals surface area (Å²) in [4.78, 5) is 14.4. The summed E-state index contributed by atoms with van der Waals surface area (Å²) in [5.41, 5.74) is 0.892. The fourth-order valence-electron chi connectivity index (χ4n) is 2.52. The van der Waals surface area contributed by atoms with Crippen LogP contribution >= 0.6 is 0 Å². The lowest BCUT2D eigenvalue weighted by molar-refractivity contribution is 0.159. The smallest absolute Gasteiger partial charge is 0.268 e. The third kappa shape index (κ3) is 3.80. The Morgan fingerprint density at radius 3 is 2.75 bits per heavy atom. The molecule has 1 saturated heterocycles. The van der Waals surface area contributed by atoms with Crippen molar-refractivity contribution in [2.45, 2.75) is 31.8 Å².